The highest BCUT2D eigenvalue weighted by Gasteiger charge is 2.33. The molecule has 0 radical (unpaired) electrons. The summed E-state index contributed by atoms with van der Waals surface area (Å²) in [4.78, 5) is 20.7. The average molecular weight is 186 g/mol. The highest BCUT2D eigenvalue weighted by molar-refractivity contribution is 5.73. The molecule has 13 heavy (non-hydrogen) atoms. The van der Waals surface area contributed by atoms with Crippen LogP contribution in [0.2, 0.25) is 0 Å². The second-order valence-electron chi connectivity index (χ2n) is 2.52. The molecule has 72 valence electrons. The van der Waals surface area contributed by atoms with Crippen molar-refractivity contribution in [3.05, 3.63) is 10.1 Å². The quantitative estimate of drug-likeness (QED) is 0.359. The van der Waals surface area contributed by atoms with Gasteiger partial charge in [-0.05, 0) is 0 Å². The third-order valence-corrected chi connectivity index (χ3v) is 1.73. The molecule has 0 heterocycles. The number of carbonyl (C=O) groups excluding carboxylic acids is 1. The zero-order valence-corrected chi connectivity index (χ0v) is 7.39. The van der Waals surface area contributed by atoms with Crippen molar-refractivity contribution in [1.29, 1.82) is 5.26 Å². The molecule has 6 heteroatoms. The summed E-state index contributed by atoms with van der Waals surface area (Å²) in [5, 5.41) is 18.7. The van der Waals surface area contributed by atoms with Gasteiger partial charge >= 0.3 is 5.97 Å². The third kappa shape index (κ3) is 3.07. The van der Waals surface area contributed by atoms with Gasteiger partial charge in [0.2, 0.25) is 6.04 Å². The fraction of sp³-hybridized carbons (Fsp3) is 0.714. The van der Waals surface area contributed by atoms with Crippen LogP contribution >= 0.6 is 0 Å². The number of methoxy groups -OCH3 is 1. The Morgan fingerprint density at radius 2 is 2.31 bits per heavy atom. The summed E-state index contributed by atoms with van der Waals surface area (Å²) in [5.74, 6) is -1.70. The number of esters is 1. The van der Waals surface area contributed by atoms with Crippen LogP contribution in [0.3, 0.4) is 0 Å². The molecule has 0 aromatic carbocycles. The Morgan fingerprint density at radius 3 is 2.62 bits per heavy atom. The molecule has 2 atom stereocenters. The summed E-state index contributed by atoms with van der Waals surface area (Å²) < 4.78 is 4.34. The zero-order valence-electron chi connectivity index (χ0n) is 7.39. The Hall–Kier alpha value is -1.64. The molecule has 2 unspecified atom stereocenters. The van der Waals surface area contributed by atoms with Gasteiger partial charge in [-0.15, -0.1) is 0 Å². The van der Waals surface area contributed by atoms with Crippen molar-refractivity contribution in [3.8, 4) is 6.07 Å². The van der Waals surface area contributed by atoms with Gasteiger partial charge in [-0.3, -0.25) is 14.9 Å². The van der Waals surface area contributed by atoms with Crippen LogP contribution in [0.1, 0.15) is 13.3 Å². The molecule has 0 aliphatic carbocycles. The summed E-state index contributed by atoms with van der Waals surface area (Å²) in [6.07, 6.45) is -0.200. The van der Waals surface area contributed by atoms with E-state index in [2.05, 4.69) is 4.74 Å². The summed E-state index contributed by atoms with van der Waals surface area (Å²) in [7, 11) is 1.14. The predicted octanol–water partition coefficient (Wildman–Crippen LogP) is 0.354. The molecule has 0 saturated heterocycles. The lowest BCUT2D eigenvalue weighted by molar-refractivity contribution is -0.525. The lowest BCUT2D eigenvalue weighted by atomic mass is 9.99. The largest absolute Gasteiger partial charge is 0.469 e. The molecule has 0 saturated carbocycles. The molecule has 0 aliphatic heterocycles. The first-order valence-electron chi connectivity index (χ1n) is 3.62. The number of hydrogen-bond donors (Lipinski definition) is 0. The van der Waals surface area contributed by atoms with Crippen molar-refractivity contribution in [2.45, 2.75) is 19.4 Å². The van der Waals surface area contributed by atoms with E-state index in [-0.39, 0.29) is 6.42 Å². The fourth-order valence-electron chi connectivity index (χ4n) is 0.847. The van der Waals surface area contributed by atoms with E-state index >= 15 is 0 Å². The van der Waals surface area contributed by atoms with Crippen LogP contribution in [0.4, 0.5) is 0 Å². The standard InChI is InChI=1S/C7H10N2O4/c1-5(9(11)12)6(3-4-8)7(10)13-2/h5-6H,3H2,1-2H3. The topological polar surface area (TPSA) is 93.2 Å². The molecule has 6 nitrogen and oxygen atoms in total. The Morgan fingerprint density at radius 1 is 1.77 bits per heavy atom. The number of nitriles is 1. The van der Waals surface area contributed by atoms with Crippen LogP contribution in [-0.4, -0.2) is 24.0 Å². The minimum absolute atomic E-state index is 0.200. The SMILES string of the molecule is COC(=O)C(CC#N)C(C)[N+](=O)[O-]. The van der Waals surface area contributed by atoms with Crippen molar-refractivity contribution in [2.75, 3.05) is 7.11 Å². The molecule has 0 amide bonds. The first kappa shape index (κ1) is 11.4. The highest BCUT2D eigenvalue weighted by atomic mass is 16.6. The van der Waals surface area contributed by atoms with E-state index in [4.69, 9.17) is 5.26 Å². The summed E-state index contributed by atoms with van der Waals surface area (Å²) in [6.45, 7) is 1.28. The van der Waals surface area contributed by atoms with E-state index in [0.717, 1.165) is 7.11 Å². The monoisotopic (exact) mass is 186 g/mol. The zero-order chi connectivity index (χ0) is 10.4. The summed E-state index contributed by atoms with van der Waals surface area (Å²) in [6, 6.07) is 0.623. The molecular weight excluding hydrogens is 176 g/mol. The van der Waals surface area contributed by atoms with Crippen LogP contribution in [0.25, 0.3) is 0 Å². The lowest BCUT2D eigenvalue weighted by Crippen LogP contribution is -2.32. The second kappa shape index (κ2) is 5.09. The van der Waals surface area contributed by atoms with E-state index in [1.54, 1.807) is 6.07 Å². The minimum Gasteiger partial charge on any atom is -0.469 e. The van der Waals surface area contributed by atoms with Gasteiger partial charge in [-0.25, -0.2) is 0 Å². The Balaban J connectivity index is 4.51. The van der Waals surface area contributed by atoms with Gasteiger partial charge in [0.25, 0.3) is 0 Å². The number of hydrogen-bond acceptors (Lipinski definition) is 5. The molecule has 0 aliphatic rings. The van der Waals surface area contributed by atoms with E-state index in [1.165, 1.54) is 6.92 Å². The maximum Gasteiger partial charge on any atom is 0.316 e. The van der Waals surface area contributed by atoms with E-state index in [9.17, 15) is 14.9 Å². The van der Waals surface area contributed by atoms with Gasteiger partial charge < -0.3 is 4.74 Å². The highest BCUT2D eigenvalue weighted by Crippen LogP contribution is 2.12. The molecule has 0 bridgehead atoms. The van der Waals surface area contributed by atoms with Crippen molar-refractivity contribution >= 4 is 5.97 Å². The molecule has 0 N–H and O–H groups in total. The number of nitrogens with zero attached hydrogens (tertiary/aromatic N) is 2. The lowest BCUT2D eigenvalue weighted by Gasteiger charge is -2.11. The van der Waals surface area contributed by atoms with Crippen molar-refractivity contribution < 1.29 is 14.5 Å². The van der Waals surface area contributed by atoms with Gasteiger partial charge in [-0.1, -0.05) is 0 Å². The molecule has 0 rings (SSSR count). The van der Waals surface area contributed by atoms with Gasteiger partial charge in [0.1, 0.15) is 5.92 Å². The molecule has 0 aromatic rings. The second-order valence-corrected chi connectivity index (χ2v) is 2.52. The molecular formula is C7H10N2O4. The number of nitro groups is 1. The van der Waals surface area contributed by atoms with Crippen LogP contribution in [-0.2, 0) is 9.53 Å². The Labute approximate surface area is 75.2 Å². The van der Waals surface area contributed by atoms with E-state index in [0.29, 0.717) is 0 Å². The summed E-state index contributed by atoms with van der Waals surface area (Å²) in [5.41, 5.74) is 0. The Kier molecular flexibility index (Phi) is 4.44. The van der Waals surface area contributed by atoms with Gasteiger partial charge in [0, 0.05) is 11.8 Å². The number of rotatable bonds is 4. The first-order valence-corrected chi connectivity index (χ1v) is 3.62. The smallest absolute Gasteiger partial charge is 0.316 e. The summed E-state index contributed by atoms with van der Waals surface area (Å²) >= 11 is 0. The van der Waals surface area contributed by atoms with Crippen LogP contribution in [0.5, 0.6) is 0 Å². The maximum absolute atomic E-state index is 11.0. The minimum atomic E-state index is -1.09. The number of ether oxygens (including phenoxy) is 1. The molecule has 0 fully saturated rings. The van der Waals surface area contributed by atoms with Crippen molar-refractivity contribution in [2.24, 2.45) is 5.92 Å². The number of carbonyl (C=O) groups is 1. The fourth-order valence-corrected chi connectivity index (χ4v) is 0.847. The van der Waals surface area contributed by atoms with Crippen LogP contribution in [0.15, 0.2) is 0 Å². The molecule has 0 aromatic heterocycles. The van der Waals surface area contributed by atoms with E-state index < -0.39 is 22.9 Å². The first-order chi connectivity index (χ1) is 6.04. The third-order valence-electron chi connectivity index (χ3n) is 1.73. The average Bonchev–Trinajstić information content (AvgIpc) is 2.11. The van der Waals surface area contributed by atoms with E-state index in [1.807, 2.05) is 0 Å². The Bertz CT molecular complexity index is 245. The van der Waals surface area contributed by atoms with Gasteiger partial charge in [0.15, 0.2) is 0 Å². The van der Waals surface area contributed by atoms with Crippen LogP contribution in [0, 0.1) is 27.4 Å². The van der Waals surface area contributed by atoms with Gasteiger partial charge in [-0.2, -0.15) is 5.26 Å². The van der Waals surface area contributed by atoms with Crippen molar-refractivity contribution in [1.82, 2.24) is 0 Å². The van der Waals surface area contributed by atoms with Crippen LogP contribution < -0.4 is 0 Å². The molecule has 0 spiro atoms. The predicted molar refractivity (Wildman–Crippen MR) is 42.2 cm³/mol. The van der Waals surface area contributed by atoms with Gasteiger partial charge in [0.05, 0.1) is 19.6 Å². The normalized spacial score (nSPS) is 13.9. The maximum atomic E-state index is 11.0. The van der Waals surface area contributed by atoms with Crippen molar-refractivity contribution in [3.63, 3.8) is 0 Å².